The van der Waals surface area contributed by atoms with E-state index in [1.165, 1.54) is 21.5 Å². The van der Waals surface area contributed by atoms with Crippen molar-refractivity contribution in [1.82, 2.24) is 5.32 Å². The lowest BCUT2D eigenvalue weighted by Gasteiger charge is -2.21. The van der Waals surface area contributed by atoms with Crippen molar-refractivity contribution in [1.29, 1.82) is 0 Å². The lowest BCUT2D eigenvalue weighted by Crippen LogP contribution is -2.32. The Hall–Kier alpha value is -2.59. The number of nitrogens with one attached hydrogen (secondary N) is 1. The zero-order valence-electron chi connectivity index (χ0n) is 18.9. The Bertz CT molecular complexity index is 1130. The van der Waals surface area contributed by atoms with Crippen LogP contribution in [0.3, 0.4) is 0 Å². The van der Waals surface area contributed by atoms with E-state index in [1.807, 2.05) is 12.2 Å². The smallest absolute Gasteiger partial charge is 0.0816 e. The Morgan fingerprint density at radius 1 is 1.00 bits per heavy atom. The van der Waals surface area contributed by atoms with Gasteiger partial charge < -0.3 is 5.73 Å². The fourth-order valence-corrected chi connectivity index (χ4v) is 3.96. The summed E-state index contributed by atoms with van der Waals surface area (Å²) in [7, 11) is 0. The van der Waals surface area contributed by atoms with Gasteiger partial charge in [-0.1, -0.05) is 98.0 Å². The Morgan fingerprint density at radius 3 is 2.47 bits per heavy atom. The maximum absolute atomic E-state index is 6.62. The van der Waals surface area contributed by atoms with Crippen molar-refractivity contribution in [3.05, 3.63) is 108 Å². The van der Waals surface area contributed by atoms with Gasteiger partial charge >= 0.3 is 0 Å². The summed E-state index contributed by atoms with van der Waals surface area (Å²) in [6, 6.07) is 19.2. The highest BCUT2D eigenvalue weighted by atomic mass is 32.1. The van der Waals surface area contributed by atoms with Crippen LogP contribution in [-0.4, -0.2) is 6.54 Å². The first-order valence-corrected chi connectivity index (χ1v) is 11.8. The van der Waals surface area contributed by atoms with Gasteiger partial charge in [0, 0.05) is 6.54 Å². The third kappa shape index (κ3) is 6.46. The highest BCUT2D eigenvalue weighted by Crippen LogP contribution is 2.30. The van der Waals surface area contributed by atoms with Gasteiger partial charge in [0.2, 0.25) is 0 Å². The molecule has 2 nitrogen and oxygen atoms in total. The largest absolute Gasteiger partial charge is 0.312 e. The van der Waals surface area contributed by atoms with Gasteiger partial charge in [-0.3, -0.25) is 5.32 Å². The first-order valence-electron chi connectivity index (χ1n) is 11.3. The zero-order chi connectivity index (χ0) is 22.8. The Labute approximate surface area is 198 Å². The van der Waals surface area contributed by atoms with E-state index in [4.69, 9.17) is 5.73 Å². The van der Waals surface area contributed by atoms with Crippen LogP contribution >= 0.6 is 12.6 Å². The van der Waals surface area contributed by atoms with E-state index in [9.17, 15) is 0 Å². The van der Waals surface area contributed by atoms with Crippen LogP contribution < -0.4 is 11.1 Å². The molecule has 2 unspecified atom stereocenters. The molecule has 0 heterocycles. The minimum Gasteiger partial charge on any atom is -0.312 e. The molecule has 0 bridgehead atoms. The zero-order valence-corrected chi connectivity index (χ0v) is 19.8. The summed E-state index contributed by atoms with van der Waals surface area (Å²) in [5.74, 6) is 0.310. The van der Waals surface area contributed by atoms with Gasteiger partial charge in [0.25, 0.3) is 0 Å². The van der Waals surface area contributed by atoms with Gasteiger partial charge in [-0.25, -0.2) is 0 Å². The van der Waals surface area contributed by atoms with Crippen LogP contribution in [0.1, 0.15) is 37.9 Å². The molecule has 3 heteroatoms. The quantitative estimate of drug-likeness (QED) is 0.0948. The van der Waals surface area contributed by atoms with E-state index >= 15 is 0 Å². The SMILES string of the molecule is C=C(/C=C\CCC/C=C\C=C/S)C(C)CNC(N)c1cc2ccccc2c2ccccc12. The number of unbranched alkanes of at least 4 members (excludes halogenated alkanes) is 2. The summed E-state index contributed by atoms with van der Waals surface area (Å²) in [4.78, 5) is 0. The average Bonchev–Trinajstić information content (AvgIpc) is 2.83. The summed E-state index contributed by atoms with van der Waals surface area (Å²) in [5, 5.41) is 10.2. The normalized spacial score (nSPS) is 14.2. The van der Waals surface area contributed by atoms with Crippen LogP contribution in [0.2, 0.25) is 0 Å². The molecule has 0 saturated carbocycles. The second-order valence-electron chi connectivity index (χ2n) is 8.20. The van der Waals surface area contributed by atoms with Crippen LogP contribution in [0.5, 0.6) is 0 Å². The molecule has 0 fully saturated rings. The summed E-state index contributed by atoms with van der Waals surface area (Å²) in [6.07, 6.45) is 13.5. The first-order chi connectivity index (χ1) is 15.6. The molecule has 0 aromatic heterocycles. The fourth-order valence-electron chi connectivity index (χ4n) is 3.86. The molecule has 0 spiro atoms. The summed E-state index contributed by atoms with van der Waals surface area (Å²) in [5.41, 5.74) is 8.87. The number of fused-ring (bicyclic) bond motifs is 3. The Kier molecular flexibility index (Phi) is 9.36. The minimum absolute atomic E-state index is 0.234. The van der Waals surface area contributed by atoms with E-state index in [0.29, 0.717) is 5.92 Å². The predicted molar refractivity (Wildman–Crippen MR) is 145 cm³/mol. The second kappa shape index (κ2) is 12.4. The first kappa shape index (κ1) is 24.1. The van der Waals surface area contributed by atoms with Crippen molar-refractivity contribution in [2.75, 3.05) is 6.54 Å². The molecule has 3 rings (SSSR count). The molecule has 32 heavy (non-hydrogen) atoms. The van der Waals surface area contributed by atoms with Crippen molar-refractivity contribution in [3.8, 4) is 0 Å². The lowest BCUT2D eigenvalue weighted by atomic mass is 9.95. The maximum Gasteiger partial charge on any atom is 0.0816 e. The highest BCUT2D eigenvalue weighted by Gasteiger charge is 2.14. The van der Waals surface area contributed by atoms with E-state index in [1.54, 1.807) is 5.41 Å². The van der Waals surface area contributed by atoms with Crippen molar-refractivity contribution in [3.63, 3.8) is 0 Å². The van der Waals surface area contributed by atoms with Gasteiger partial charge in [-0.2, -0.15) is 12.6 Å². The van der Waals surface area contributed by atoms with Crippen molar-refractivity contribution in [2.24, 2.45) is 11.7 Å². The molecule has 0 aliphatic heterocycles. The Balaban J connectivity index is 1.58. The van der Waals surface area contributed by atoms with Gasteiger partial charge in [0.05, 0.1) is 6.17 Å². The molecule has 0 aliphatic rings. The minimum atomic E-state index is -0.234. The van der Waals surface area contributed by atoms with Crippen molar-refractivity contribution < 1.29 is 0 Å². The molecular formula is C29H34N2S. The van der Waals surface area contributed by atoms with Crippen LogP contribution in [0, 0.1) is 5.92 Å². The fraction of sp³-hybridized carbons (Fsp3) is 0.241. The standard InChI is InChI=1S/C29H34N2S/c1-22(14-8-6-4-3-5-7-13-19-32)23(2)21-31-29(30)28-20-24-15-9-10-16-25(24)26-17-11-12-18-27(26)28/h5,7-20,23,29,31-32H,1,3-4,6,21,30H2,2H3/b7-5-,14-8-,19-13-. The predicted octanol–water partition coefficient (Wildman–Crippen LogP) is 7.46. The Morgan fingerprint density at radius 2 is 1.69 bits per heavy atom. The van der Waals surface area contributed by atoms with Gasteiger partial charge in [0.15, 0.2) is 0 Å². The van der Waals surface area contributed by atoms with Crippen LogP contribution in [0.25, 0.3) is 21.5 Å². The maximum atomic E-state index is 6.62. The van der Waals surface area contributed by atoms with Crippen LogP contribution in [0.4, 0.5) is 0 Å². The van der Waals surface area contributed by atoms with E-state index in [-0.39, 0.29) is 6.17 Å². The molecule has 0 amide bonds. The number of hydrogen-bond donors (Lipinski definition) is 3. The molecule has 2 atom stereocenters. The number of benzene rings is 3. The van der Waals surface area contributed by atoms with E-state index < -0.39 is 0 Å². The molecule has 3 aromatic rings. The topological polar surface area (TPSA) is 38.0 Å². The van der Waals surface area contributed by atoms with Crippen LogP contribution in [0.15, 0.2) is 103 Å². The van der Waals surface area contributed by atoms with Gasteiger partial charge in [-0.15, -0.1) is 0 Å². The second-order valence-corrected chi connectivity index (χ2v) is 8.50. The number of rotatable bonds is 11. The third-order valence-corrected chi connectivity index (χ3v) is 5.99. The van der Waals surface area contributed by atoms with E-state index in [2.05, 4.69) is 104 Å². The van der Waals surface area contributed by atoms with Gasteiger partial charge in [0.1, 0.15) is 0 Å². The number of nitrogens with two attached hydrogens (primary N) is 1. The monoisotopic (exact) mass is 442 g/mol. The molecule has 0 saturated heterocycles. The molecule has 0 aliphatic carbocycles. The van der Waals surface area contributed by atoms with Crippen molar-refractivity contribution in [2.45, 2.75) is 32.4 Å². The summed E-state index contributed by atoms with van der Waals surface area (Å²) < 4.78 is 0. The third-order valence-electron chi connectivity index (χ3n) is 5.82. The number of hydrogen-bond acceptors (Lipinski definition) is 3. The van der Waals surface area contributed by atoms with Gasteiger partial charge in [-0.05, 0) is 63.8 Å². The molecule has 3 aromatic carbocycles. The molecule has 166 valence electrons. The molecular weight excluding hydrogens is 408 g/mol. The van der Waals surface area contributed by atoms with Crippen LogP contribution in [-0.2, 0) is 0 Å². The lowest BCUT2D eigenvalue weighted by molar-refractivity contribution is 0.502. The number of thiol groups is 1. The number of allylic oxidation sites excluding steroid dienone is 5. The molecule has 3 N–H and O–H groups in total. The highest BCUT2D eigenvalue weighted by molar-refractivity contribution is 7.83. The molecule has 0 radical (unpaired) electrons. The summed E-state index contributed by atoms with van der Waals surface area (Å²) in [6.45, 7) is 7.23. The summed E-state index contributed by atoms with van der Waals surface area (Å²) >= 11 is 4.04. The average molecular weight is 443 g/mol. The van der Waals surface area contributed by atoms with E-state index in [0.717, 1.165) is 36.9 Å². The van der Waals surface area contributed by atoms with Crippen molar-refractivity contribution >= 4 is 34.2 Å².